The van der Waals surface area contributed by atoms with E-state index in [0.717, 1.165) is 16.5 Å². The van der Waals surface area contributed by atoms with Gasteiger partial charge >= 0.3 is 0 Å². The van der Waals surface area contributed by atoms with Crippen molar-refractivity contribution in [1.82, 2.24) is 4.90 Å². The van der Waals surface area contributed by atoms with Crippen LogP contribution in [0, 0.1) is 0 Å². The molecule has 1 unspecified atom stereocenters. The van der Waals surface area contributed by atoms with Gasteiger partial charge in [0.25, 0.3) is 5.91 Å². The second-order valence-corrected chi connectivity index (χ2v) is 8.97. The first-order chi connectivity index (χ1) is 16.5. The Labute approximate surface area is 206 Å². The number of ether oxygens (including phenoxy) is 3. The van der Waals surface area contributed by atoms with E-state index in [1.165, 1.54) is 0 Å². The van der Waals surface area contributed by atoms with Gasteiger partial charge in [-0.25, -0.2) is 0 Å². The van der Waals surface area contributed by atoms with Gasteiger partial charge in [0.15, 0.2) is 16.9 Å². The molecule has 4 rings (SSSR count). The summed E-state index contributed by atoms with van der Waals surface area (Å²) in [6.07, 6.45) is 1.50. The first kappa shape index (κ1) is 24.3. The Morgan fingerprint density at radius 1 is 1.03 bits per heavy atom. The van der Waals surface area contributed by atoms with E-state index in [4.69, 9.17) is 18.6 Å². The van der Waals surface area contributed by atoms with Crippen molar-refractivity contribution in [3.8, 4) is 11.5 Å². The zero-order chi connectivity index (χ0) is 24.2. The fraction of sp³-hybridized carbons (Fsp3) is 0.385. The molecule has 8 heteroatoms. The molecule has 3 aromatic rings. The maximum atomic E-state index is 13.7. The molecule has 34 heavy (non-hydrogen) atoms. The molecule has 0 N–H and O–H groups in total. The lowest BCUT2D eigenvalue weighted by Crippen LogP contribution is -2.31. The van der Waals surface area contributed by atoms with Crippen LogP contribution in [0.2, 0.25) is 0 Å². The second kappa shape index (κ2) is 10.6. The van der Waals surface area contributed by atoms with E-state index in [2.05, 4.69) is 15.9 Å². The Hall–Kier alpha value is -2.84. The Balaban J connectivity index is 1.87. The number of hydrogen-bond acceptors (Lipinski definition) is 6. The number of amides is 1. The fourth-order valence-electron chi connectivity index (χ4n) is 4.24. The number of carbonyl (C=O) groups excluding carboxylic acids is 1. The van der Waals surface area contributed by atoms with Gasteiger partial charge in [-0.2, -0.15) is 0 Å². The van der Waals surface area contributed by atoms with Crippen LogP contribution in [0.5, 0.6) is 11.5 Å². The van der Waals surface area contributed by atoms with E-state index in [0.29, 0.717) is 60.8 Å². The highest BCUT2D eigenvalue weighted by Crippen LogP contribution is 2.41. The Morgan fingerprint density at radius 2 is 1.85 bits per heavy atom. The van der Waals surface area contributed by atoms with Crippen LogP contribution in [0.3, 0.4) is 0 Å². The number of nitrogens with zero attached hydrogens (tertiary/aromatic N) is 1. The summed E-state index contributed by atoms with van der Waals surface area (Å²) in [6.45, 7) is 5.88. The third kappa shape index (κ3) is 4.57. The molecule has 2 heterocycles. The summed E-state index contributed by atoms with van der Waals surface area (Å²) < 4.78 is 23.6. The third-order valence-electron chi connectivity index (χ3n) is 5.72. The molecule has 1 amide bonds. The molecule has 1 aliphatic heterocycles. The van der Waals surface area contributed by atoms with E-state index in [1.54, 1.807) is 30.2 Å². The average molecular weight is 530 g/mol. The Bertz CT molecular complexity index is 1250. The van der Waals surface area contributed by atoms with Crippen molar-refractivity contribution >= 4 is 32.8 Å². The van der Waals surface area contributed by atoms with Crippen molar-refractivity contribution in [2.75, 3.05) is 33.5 Å². The number of halogens is 1. The van der Waals surface area contributed by atoms with Gasteiger partial charge in [-0.3, -0.25) is 9.59 Å². The molecule has 0 bridgehead atoms. The van der Waals surface area contributed by atoms with Crippen LogP contribution in [0.15, 0.2) is 50.1 Å². The number of benzene rings is 2. The topological polar surface area (TPSA) is 78.2 Å². The van der Waals surface area contributed by atoms with Crippen LogP contribution >= 0.6 is 15.9 Å². The summed E-state index contributed by atoms with van der Waals surface area (Å²) in [5, 5.41) is 0.428. The molecule has 1 aliphatic rings. The minimum atomic E-state index is -0.599. The molecular formula is C26H28BrNO6. The standard InChI is InChI=1S/C26H28BrNO6/c1-4-12-33-20-9-7-16(14-21(20)32-5-2)23-22-24(29)18-15-17(27)8-10-19(18)34-25(22)26(30)28(23)11-6-13-31-3/h7-10,14-15,23H,4-6,11-13H2,1-3H3. The van der Waals surface area contributed by atoms with Crippen molar-refractivity contribution in [2.24, 2.45) is 0 Å². The van der Waals surface area contributed by atoms with Gasteiger partial charge in [-0.05, 0) is 55.7 Å². The summed E-state index contributed by atoms with van der Waals surface area (Å²) in [6, 6.07) is 10.2. The molecule has 1 atom stereocenters. The summed E-state index contributed by atoms with van der Waals surface area (Å²) >= 11 is 3.43. The minimum absolute atomic E-state index is 0.0894. The number of carbonyl (C=O) groups is 1. The molecule has 0 spiro atoms. The molecule has 180 valence electrons. The smallest absolute Gasteiger partial charge is 0.290 e. The van der Waals surface area contributed by atoms with Crippen LogP contribution in [-0.2, 0) is 4.74 Å². The molecule has 0 fully saturated rings. The third-order valence-corrected chi connectivity index (χ3v) is 6.21. The summed E-state index contributed by atoms with van der Waals surface area (Å²) in [4.78, 5) is 28.8. The first-order valence-electron chi connectivity index (χ1n) is 11.5. The zero-order valence-electron chi connectivity index (χ0n) is 19.6. The van der Waals surface area contributed by atoms with Gasteiger partial charge in [-0.1, -0.05) is 28.9 Å². The minimum Gasteiger partial charge on any atom is -0.490 e. The van der Waals surface area contributed by atoms with E-state index < -0.39 is 6.04 Å². The summed E-state index contributed by atoms with van der Waals surface area (Å²) in [5.41, 5.74) is 1.28. The number of methoxy groups -OCH3 is 1. The van der Waals surface area contributed by atoms with Crippen molar-refractivity contribution < 1.29 is 23.4 Å². The number of hydrogen-bond donors (Lipinski definition) is 0. The molecule has 0 saturated carbocycles. The van der Waals surface area contributed by atoms with Crippen molar-refractivity contribution in [3.63, 3.8) is 0 Å². The first-order valence-corrected chi connectivity index (χ1v) is 12.2. The molecule has 0 aliphatic carbocycles. The number of fused-ring (bicyclic) bond motifs is 2. The van der Waals surface area contributed by atoms with Gasteiger partial charge in [0.1, 0.15) is 5.58 Å². The predicted molar refractivity (Wildman–Crippen MR) is 133 cm³/mol. The van der Waals surface area contributed by atoms with Crippen LogP contribution in [0.25, 0.3) is 11.0 Å². The maximum absolute atomic E-state index is 13.7. The highest BCUT2D eigenvalue weighted by atomic mass is 79.9. The Morgan fingerprint density at radius 3 is 2.59 bits per heavy atom. The van der Waals surface area contributed by atoms with Crippen LogP contribution in [0.4, 0.5) is 0 Å². The average Bonchev–Trinajstić information content (AvgIpc) is 3.11. The predicted octanol–water partition coefficient (Wildman–Crippen LogP) is 5.32. The fourth-order valence-corrected chi connectivity index (χ4v) is 4.60. The molecule has 0 saturated heterocycles. The van der Waals surface area contributed by atoms with Gasteiger partial charge < -0.3 is 23.5 Å². The van der Waals surface area contributed by atoms with Gasteiger partial charge in [-0.15, -0.1) is 0 Å². The van der Waals surface area contributed by atoms with E-state index in [1.807, 2.05) is 32.0 Å². The highest BCUT2D eigenvalue weighted by Gasteiger charge is 2.42. The normalized spacial score (nSPS) is 15.1. The zero-order valence-corrected chi connectivity index (χ0v) is 21.1. The molecule has 1 aromatic heterocycles. The molecular weight excluding hydrogens is 502 g/mol. The van der Waals surface area contributed by atoms with Crippen LogP contribution in [-0.4, -0.2) is 44.3 Å². The molecule has 7 nitrogen and oxygen atoms in total. The largest absolute Gasteiger partial charge is 0.490 e. The molecule has 0 radical (unpaired) electrons. The lowest BCUT2D eigenvalue weighted by Gasteiger charge is -2.26. The van der Waals surface area contributed by atoms with Gasteiger partial charge in [0.05, 0.1) is 30.2 Å². The highest BCUT2D eigenvalue weighted by molar-refractivity contribution is 9.10. The van der Waals surface area contributed by atoms with E-state index in [-0.39, 0.29) is 17.1 Å². The van der Waals surface area contributed by atoms with E-state index in [9.17, 15) is 9.59 Å². The molecule has 2 aromatic carbocycles. The van der Waals surface area contributed by atoms with Gasteiger partial charge in [0.2, 0.25) is 5.76 Å². The van der Waals surface area contributed by atoms with Gasteiger partial charge in [0, 0.05) is 24.7 Å². The second-order valence-electron chi connectivity index (χ2n) is 8.05. The summed E-state index contributed by atoms with van der Waals surface area (Å²) in [5.74, 6) is 1.00. The number of rotatable bonds is 10. The maximum Gasteiger partial charge on any atom is 0.290 e. The lowest BCUT2D eigenvalue weighted by atomic mass is 9.98. The van der Waals surface area contributed by atoms with E-state index >= 15 is 0 Å². The van der Waals surface area contributed by atoms with Crippen LogP contribution in [0.1, 0.15) is 54.4 Å². The van der Waals surface area contributed by atoms with Crippen LogP contribution < -0.4 is 14.9 Å². The Kier molecular flexibility index (Phi) is 7.58. The summed E-state index contributed by atoms with van der Waals surface area (Å²) in [7, 11) is 1.62. The quantitative estimate of drug-likeness (QED) is 0.330. The SMILES string of the molecule is CCCOc1ccc(C2c3c(oc4ccc(Br)cc4c3=O)C(=O)N2CCCOC)cc1OCC. The lowest BCUT2D eigenvalue weighted by molar-refractivity contribution is 0.0707. The van der Waals surface area contributed by atoms with Crippen molar-refractivity contribution in [1.29, 1.82) is 0 Å². The van der Waals surface area contributed by atoms with Crippen molar-refractivity contribution in [2.45, 2.75) is 32.7 Å². The van der Waals surface area contributed by atoms with Crippen molar-refractivity contribution in [3.05, 3.63) is 68.0 Å². The monoisotopic (exact) mass is 529 g/mol.